The predicted molar refractivity (Wildman–Crippen MR) is 111 cm³/mol. The number of hydrogen-bond donors (Lipinski definition) is 2. The Bertz CT molecular complexity index is 847. The van der Waals surface area contributed by atoms with Gasteiger partial charge in [0.1, 0.15) is 12.2 Å². The second-order valence-corrected chi connectivity index (χ2v) is 11.1. The molecule has 7 nitrogen and oxygen atoms in total. The minimum atomic E-state index is -0.910. The lowest BCUT2D eigenvalue weighted by molar-refractivity contribution is -0.279. The van der Waals surface area contributed by atoms with Crippen LogP contribution in [0.2, 0.25) is 0 Å². The summed E-state index contributed by atoms with van der Waals surface area (Å²) in [5, 5.41) is 22.8. The van der Waals surface area contributed by atoms with E-state index in [1.54, 1.807) is 0 Å². The molecule has 31 heavy (non-hydrogen) atoms. The molecule has 0 aromatic heterocycles. The molecule has 2 bridgehead atoms. The smallest absolute Gasteiger partial charge is 0.302 e. The quantitative estimate of drug-likeness (QED) is 0.506. The first-order valence-electron chi connectivity index (χ1n) is 11.2. The molecule has 4 rings (SSSR count). The van der Waals surface area contributed by atoms with E-state index in [1.807, 2.05) is 20.8 Å². The van der Waals surface area contributed by atoms with Gasteiger partial charge >= 0.3 is 11.9 Å². The molecule has 0 heterocycles. The van der Waals surface area contributed by atoms with Crippen molar-refractivity contribution < 1.29 is 34.1 Å². The Balaban J connectivity index is 1.89. The highest BCUT2D eigenvalue weighted by molar-refractivity contribution is 6.03. The molecule has 9 atom stereocenters. The van der Waals surface area contributed by atoms with Crippen LogP contribution in [0.25, 0.3) is 0 Å². The number of ether oxygens (including phenoxy) is 2. The summed E-state index contributed by atoms with van der Waals surface area (Å²) in [4.78, 5) is 37.4. The van der Waals surface area contributed by atoms with Crippen LogP contribution in [0.1, 0.15) is 60.3 Å². The summed E-state index contributed by atoms with van der Waals surface area (Å²) in [7, 11) is 0. The average molecular weight is 435 g/mol. The highest BCUT2D eigenvalue weighted by Gasteiger charge is 2.75. The van der Waals surface area contributed by atoms with Crippen molar-refractivity contribution in [2.24, 2.45) is 34.0 Å². The highest BCUT2D eigenvalue weighted by atomic mass is 16.6. The molecule has 0 saturated heterocycles. The third-order valence-corrected chi connectivity index (χ3v) is 9.02. The van der Waals surface area contributed by atoms with Crippen molar-refractivity contribution in [3.05, 3.63) is 12.2 Å². The Kier molecular flexibility index (Phi) is 4.99. The molecule has 4 aliphatic rings. The number of rotatable bonds is 2. The molecule has 0 aliphatic heterocycles. The first-order chi connectivity index (χ1) is 14.3. The first kappa shape index (κ1) is 22.5. The van der Waals surface area contributed by atoms with Gasteiger partial charge in [-0.25, -0.2) is 0 Å². The maximum absolute atomic E-state index is 13.5. The van der Waals surface area contributed by atoms with Gasteiger partial charge in [0.05, 0.1) is 12.2 Å². The predicted octanol–water partition coefficient (Wildman–Crippen LogP) is 2.18. The highest BCUT2D eigenvalue weighted by Crippen LogP contribution is 2.71. The Labute approximate surface area is 183 Å². The Morgan fingerprint density at radius 3 is 2.10 bits per heavy atom. The largest absolute Gasteiger partial charge is 0.462 e. The van der Waals surface area contributed by atoms with Gasteiger partial charge in [-0.15, -0.1) is 0 Å². The van der Waals surface area contributed by atoms with Gasteiger partial charge in [0.25, 0.3) is 0 Å². The minimum absolute atomic E-state index is 0.0701. The van der Waals surface area contributed by atoms with Gasteiger partial charge in [0.2, 0.25) is 0 Å². The Morgan fingerprint density at radius 2 is 1.52 bits per heavy atom. The topological polar surface area (TPSA) is 110 Å². The maximum Gasteiger partial charge on any atom is 0.302 e. The molecule has 4 aliphatic carbocycles. The van der Waals surface area contributed by atoms with Gasteiger partial charge in [0.15, 0.2) is 5.78 Å². The first-order valence-corrected chi connectivity index (χ1v) is 11.2. The fourth-order valence-electron chi connectivity index (χ4n) is 8.29. The van der Waals surface area contributed by atoms with Gasteiger partial charge in [-0.1, -0.05) is 27.4 Å². The zero-order valence-electron chi connectivity index (χ0n) is 19.0. The molecule has 4 fully saturated rings. The van der Waals surface area contributed by atoms with Crippen LogP contribution in [0.4, 0.5) is 0 Å². The molecule has 7 heteroatoms. The molecule has 2 N–H and O–H groups in total. The van der Waals surface area contributed by atoms with Crippen LogP contribution in [0, 0.1) is 34.0 Å². The van der Waals surface area contributed by atoms with Crippen LogP contribution in [-0.2, 0) is 23.9 Å². The Morgan fingerprint density at radius 1 is 0.935 bits per heavy atom. The lowest BCUT2D eigenvalue weighted by Gasteiger charge is -2.67. The van der Waals surface area contributed by atoms with E-state index in [0.29, 0.717) is 18.4 Å². The van der Waals surface area contributed by atoms with Crippen molar-refractivity contribution in [3.63, 3.8) is 0 Å². The zero-order valence-corrected chi connectivity index (χ0v) is 19.0. The number of esters is 2. The van der Waals surface area contributed by atoms with Crippen molar-refractivity contribution >= 4 is 17.7 Å². The third kappa shape index (κ3) is 2.88. The van der Waals surface area contributed by atoms with E-state index in [1.165, 1.54) is 13.8 Å². The van der Waals surface area contributed by atoms with Crippen LogP contribution >= 0.6 is 0 Å². The van der Waals surface area contributed by atoms with Crippen molar-refractivity contribution in [1.82, 2.24) is 0 Å². The summed E-state index contributed by atoms with van der Waals surface area (Å²) in [5.41, 5.74) is -1.92. The van der Waals surface area contributed by atoms with Crippen molar-refractivity contribution in [2.45, 2.75) is 84.7 Å². The van der Waals surface area contributed by atoms with Crippen LogP contribution in [-0.4, -0.2) is 52.4 Å². The number of hydrogen-bond acceptors (Lipinski definition) is 7. The number of ketones is 1. The number of fused-ring (bicyclic) bond motifs is 3. The Hall–Kier alpha value is -1.73. The number of allylic oxidation sites excluding steroid dienone is 1. The summed E-state index contributed by atoms with van der Waals surface area (Å²) >= 11 is 0. The van der Waals surface area contributed by atoms with Crippen molar-refractivity contribution in [3.8, 4) is 0 Å². The maximum atomic E-state index is 13.5. The summed E-state index contributed by atoms with van der Waals surface area (Å²) < 4.78 is 11.4. The van der Waals surface area contributed by atoms with E-state index in [4.69, 9.17) is 9.47 Å². The molecule has 4 saturated carbocycles. The second kappa shape index (κ2) is 6.88. The molecule has 0 radical (unpaired) electrons. The van der Waals surface area contributed by atoms with Gasteiger partial charge in [-0.3, -0.25) is 14.4 Å². The van der Waals surface area contributed by atoms with E-state index >= 15 is 0 Å². The number of carbonyl (C=O) groups excluding carboxylic acids is 3. The van der Waals surface area contributed by atoms with E-state index in [-0.39, 0.29) is 24.5 Å². The average Bonchev–Trinajstić information content (AvgIpc) is 2.79. The number of aliphatic hydroxyl groups is 2. The van der Waals surface area contributed by atoms with Gasteiger partial charge in [-0.05, 0) is 30.8 Å². The SMILES string of the molecule is C=C1C(=O)C23CC1CC(O)C2C1(C)C(OC(C)=O)CC(OC(C)=O)C(C)(C)C1C(O)C3. The van der Waals surface area contributed by atoms with Gasteiger partial charge in [0, 0.05) is 48.3 Å². The molecule has 172 valence electrons. The fourth-order valence-corrected chi connectivity index (χ4v) is 8.29. The fraction of sp³-hybridized carbons (Fsp3) is 0.792. The van der Waals surface area contributed by atoms with E-state index in [2.05, 4.69) is 6.58 Å². The zero-order chi connectivity index (χ0) is 23.1. The number of Topliss-reactive ketones (excluding diaryl/α,β-unsaturated/α-hetero) is 1. The molecule has 0 amide bonds. The molecule has 1 spiro atoms. The normalized spacial score (nSPS) is 47.9. The number of aliphatic hydroxyl groups excluding tert-OH is 2. The molecule has 0 aromatic carbocycles. The summed E-state index contributed by atoms with van der Waals surface area (Å²) in [6.45, 7) is 12.5. The van der Waals surface area contributed by atoms with E-state index < -0.39 is 64.4 Å². The van der Waals surface area contributed by atoms with Crippen molar-refractivity contribution in [1.29, 1.82) is 0 Å². The van der Waals surface area contributed by atoms with Gasteiger partial charge < -0.3 is 19.7 Å². The summed E-state index contributed by atoms with van der Waals surface area (Å²) in [6.07, 6.45) is -1.45. The summed E-state index contributed by atoms with van der Waals surface area (Å²) in [6, 6.07) is 0. The van der Waals surface area contributed by atoms with Crippen LogP contribution in [0.5, 0.6) is 0 Å². The van der Waals surface area contributed by atoms with E-state index in [0.717, 1.165) is 0 Å². The van der Waals surface area contributed by atoms with Crippen LogP contribution < -0.4 is 0 Å². The van der Waals surface area contributed by atoms with Crippen molar-refractivity contribution in [2.75, 3.05) is 0 Å². The minimum Gasteiger partial charge on any atom is -0.462 e. The molecular formula is C24H34O7. The second-order valence-electron chi connectivity index (χ2n) is 11.1. The molecular weight excluding hydrogens is 400 g/mol. The lowest BCUT2D eigenvalue weighted by atomic mass is 9.38. The number of carbonyl (C=O) groups is 3. The summed E-state index contributed by atoms with van der Waals surface area (Å²) in [5.74, 6) is -2.01. The van der Waals surface area contributed by atoms with Crippen LogP contribution in [0.15, 0.2) is 12.2 Å². The molecule has 0 aromatic rings. The lowest BCUT2D eigenvalue weighted by Crippen LogP contribution is -2.72. The van der Waals surface area contributed by atoms with Gasteiger partial charge in [-0.2, -0.15) is 0 Å². The van der Waals surface area contributed by atoms with Crippen LogP contribution in [0.3, 0.4) is 0 Å². The monoisotopic (exact) mass is 434 g/mol. The third-order valence-electron chi connectivity index (χ3n) is 9.02. The van der Waals surface area contributed by atoms with E-state index in [9.17, 15) is 24.6 Å². The standard InChI is InChI=1S/C24H34O7/c1-11-14-7-15(27)20-23(6)18(31-13(3)26)8-17(30-12(2)25)22(4,5)19(23)16(28)10-24(20,9-14)21(11)29/h14-20,27-28H,1,7-10H2,2-6H3. The molecule has 9 unspecified atom stereocenters.